The highest BCUT2D eigenvalue weighted by molar-refractivity contribution is 5.95. The van der Waals surface area contributed by atoms with Gasteiger partial charge in [-0.05, 0) is 44.6 Å². The molecule has 4 heterocycles. The monoisotopic (exact) mass is 397 g/mol. The van der Waals surface area contributed by atoms with E-state index in [0.717, 1.165) is 37.6 Å². The fraction of sp³-hybridized carbons (Fsp3) is 0.571. The fourth-order valence-corrected chi connectivity index (χ4v) is 4.56. The Morgan fingerprint density at radius 1 is 1.03 bits per heavy atom. The maximum absolute atomic E-state index is 13.1. The van der Waals surface area contributed by atoms with Crippen molar-refractivity contribution >= 4 is 5.91 Å². The van der Waals surface area contributed by atoms with Gasteiger partial charge in [-0.3, -0.25) is 9.69 Å². The van der Waals surface area contributed by atoms with Crippen molar-refractivity contribution in [2.45, 2.75) is 38.3 Å². The Morgan fingerprint density at radius 2 is 1.90 bits per heavy atom. The minimum absolute atomic E-state index is 0.0250. The van der Waals surface area contributed by atoms with Gasteiger partial charge < -0.3 is 18.9 Å². The first kappa shape index (κ1) is 18.4. The Hall–Kier alpha value is -2.61. The molecule has 1 aromatic carbocycles. The molecule has 0 N–H and O–H groups in total. The number of carbonyl (C=O) groups is 1. The molecule has 0 radical (unpaired) electrons. The van der Waals surface area contributed by atoms with Crippen molar-refractivity contribution in [3.63, 3.8) is 0 Å². The van der Waals surface area contributed by atoms with Crippen LogP contribution in [0.15, 0.2) is 18.2 Å². The van der Waals surface area contributed by atoms with E-state index in [-0.39, 0.29) is 5.91 Å². The molecule has 8 heteroatoms. The van der Waals surface area contributed by atoms with Crippen LogP contribution in [-0.2, 0) is 13.0 Å². The molecule has 0 unspecified atom stereocenters. The molecule has 1 amide bonds. The number of benzene rings is 1. The minimum atomic E-state index is 0.0250. The Kier molecular flexibility index (Phi) is 4.87. The summed E-state index contributed by atoms with van der Waals surface area (Å²) in [5, 5.41) is 8.99. The van der Waals surface area contributed by atoms with E-state index < -0.39 is 0 Å². The molecule has 154 valence electrons. The smallest absolute Gasteiger partial charge is 0.254 e. The normalized spacial score (nSPS) is 22.1. The van der Waals surface area contributed by atoms with E-state index in [0.29, 0.717) is 49.4 Å². The third-order valence-corrected chi connectivity index (χ3v) is 6.20. The molecule has 8 nitrogen and oxygen atoms in total. The molecular formula is C21H27N5O3. The van der Waals surface area contributed by atoms with Crippen LogP contribution in [0.4, 0.5) is 0 Å². The summed E-state index contributed by atoms with van der Waals surface area (Å²) in [5.41, 5.74) is 0.638. The molecule has 1 fully saturated rings. The second-order valence-electron chi connectivity index (χ2n) is 8.02. The predicted molar refractivity (Wildman–Crippen MR) is 106 cm³/mol. The van der Waals surface area contributed by atoms with Crippen LogP contribution in [0.25, 0.3) is 0 Å². The molecule has 3 aliphatic heterocycles. The van der Waals surface area contributed by atoms with Crippen LogP contribution in [-0.4, -0.2) is 70.4 Å². The highest BCUT2D eigenvalue weighted by atomic mass is 16.6. The Labute approximate surface area is 170 Å². The van der Waals surface area contributed by atoms with Gasteiger partial charge >= 0.3 is 0 Å². The van der Waals surface area contributed by atoms with Crippen LogP contribution in [0.3, 0.4) is 0 Å². The van der Waals surface area contributed by atoms with Gasteiger partial charge in [0.25, 0.3) is 5.91 Å². The van der Waals surface area contributed by atoms with Gasteiger partial charge in [0.2, 0.25) is 0 Å². The van der Waals surface area contributed by atoms with Crippen molar-refractivity contribution in [2.75, 3.05) is 39.9 Å². The summed E-state index contributed by atoms with van der Waals surface area (Å²) in [5.74, 6) is 3.41. The van der Waals surface area contributed by atoms with Crippen LogP contribution in [0.5, 0.6) is 11.5 Å². The predicted octanol–water partition coefficient (Wildman–Crippen LogP) is 1.90. The lowest BCUT2D eigenvalue weighted by molar-refractivity contribution is 0.0756. The summed E-state index contributed by atoms with van der Waals surface area (Å²) in [6.45, 7) is 4.19. The van der Waals surface area contributed by atoms with E-state index in [2.05, 4.69) is 26.7 Å². The first-order valence-corrected chi connectivity index (χ1v) is 10.5. The largest absolute Gasteiger partial charge is 0.486 e. The molecule has 0 spiro atoms. The van der Waals surface area contributed by atoms with Gasteiger partial charge in [-0.25, -0.2) is 0 Å². The summed E-state index contributed by atoms with van der Waals surface area (Å²) in [4.78, 5) is 17.4. The van der Waals surface area contributed by atoms with Crippen LogP contribution in [0, 0.1) is 0 Å². The number of nitrogens with zero attached hydrogens (tertiary/aromatic N) is 5. The number of carbonyl (C=O) groups excluding carboxylic acids is 1. The molecule has 3 aliphatic rings. The van der Waals surface area contributed by atoms with Crippen molar-refractivity contribution in [3.05, 3.63) is 35.4 Å². The van der Waals surface area contributed by atoms with Gasteiger partial charge in [-0.2, -0.15) is 0 Å². The molecule has 1 aromatic heterocycles. The number of amides is 1. The molecule has 0 bridgehead atoms. The number of ether oxygens (including phenoxy) is 2. The van der Waals surface area contributed by atoms with Crippen LogP contribution in [0.2, 0.25) is 0 Å². The zero-order valence-electron chi connectivity index (χ0n) is 16.8. The maximum Gasteiger partial charge on any atom is 0.254 e. The summed E-state index contributed by atoms with van der Waals surface area (Å²) in [6.07, 6.45) is 4.31. The molecule has 29 heavy (non-hydrogen) atoms. The van der Waals surface area contributed by atoms with E-state index >= 15 is 0 Å². The Morgan fingerprint density at radius 3 is 2.76 bits per heavy atom. The van der Waals surface area contributed by atoms with Gasteiger partial charge in [-0.15, -0.1) is 10.2 Å². The zero-order chi connectivity index (χ0) is 19.8. The van der Waals surface area contributed by atoms with E-state index in [1.807, 2.05) is 17.0 Å². The summed E-state index contributed by atoms with van der Waals surface area (Å²) < 4.78 is 13.4. The topological polar surface area (TPSA) is 72.7 Å². The Bertz CT molecular complexity index is 912. The van der Waals surface area contributed by atoms with Gasteiger partial charge in [0.05, 0.1) is 6.04 Å². The third-order valence-electron chi connectivity index (χ3n) is 6.20. The lowest BCUT2D eigenvalue weighted by Gasteiger charge is -2.32. The lowest BCUT2D eigenvalue weighted by atomic mass is 10.0. The standard InChI is InChI=1S/C21H27N5O3/c1-24-8-3-2-4-16(24)20-23-22-19-7-9-25(10-11-26(19)20)21(27)15-5-6-17-18(14-15)29-13-12-28-17/h5-6,14,16H,2-4,7-13H2,1H3/t16-/m1/s1. The highest BCUT2D eigenvalue weighted by Crippen LogP contribution is 2.32. The van der Waals surface area contributed by atoms with Crippen molar-refractivity contribution in [1.82, 2.24) is 24.6 Å². The summed E-state index contributed by atoms with van der Waals surface area (Å²) in [7, 11) is 2.17. The van der Waals surface area contributed by atoms with Crippen molar-refractivity contribution < 1.29 is 14.3 Å². The maximum atomic E-state index is 13.1. The zero-order valence-corrected chi connectivity index (χ0v) is 16.8. The van der Waals surface area contributed by atoms with Crippen LogP contribution < -0.4 is 9.47 Å². The SMILES string of the molecule is CN1CCCC[C@@H]1c1nnc2n1CCN(C(=O)c1ccc3c(c1)OCCO3)CC2. The number of rotatable bonds is 2. The molecular weight excluding hydrogens is 370 g/mol. The van der Waals surface area contributed by atoms with E-state index in [1.165, 1.54) is 12.8 Å². The second kappa shape index (κ2) is 7.67. The third kappa shape index (κ3) is 3.46. The van der Waals surface area contributed by atoms with Gasteiger partial charge in [0.15, 0.2) is 11.5 Å². The molecule has 0 saturated carbocycles. The van der Waals surface area contributed by atoms with E-state index in [9.17, 15) is 4.79 Å². The molecule has 1 atom stereocenters. The van der Waals surface area contributed by atoms with Crippen molar-refractivity contribution in [1.29, 1.82) is 0 Å². The first-order valence-electron chi connectivity index (χ1n) is 10.5. The quantitative estimate of drug-likeness (QED) is 0.771. The molecule has 2 aromatic rings. The number of likely N-dealkylation sites (tertiary alicyclic amines) is 1. The van der Waals surface area contributed by atoms with Crippen LogP contribution >= 0.6 is 0 Å². The first-order chi connectivity index (χ1) is 14.2. The summed E-state index contributed by atoms with van der Waals surface area (Å²) in [6, 6.07) is 5.77. The second-order valence-corrected chi connectivity index (χ2v) is 8.02. The minimum Gasteiger partial charge on any atom is -0.486 e. The Balaban J connectivity index is 1.32. The molecule has 1 saturated heterocycles. The van der Waals surface area contributed by atoms with Crippen molar-refractivity contribution in [3.8, 4) is 11.5 Å². The van der Waals surface area contributed by atoms with Crippen molar-refractivity contribution in [2.24, 2.45) is 0 Å². The number of fused-ring (bicyclic) bond motifs is 2. The van der Waals surface area contributed by atoms with E-state index in [1.54, 1.807) is 6.07 Å². The average Bonchev–Trinajstić information content (AvgIpc) is 3.04. The van der Waals surface area contributed by atoms with Gasteiger partial charge in [0, 0.05) is 31.6 Å². The average molecular weight is 397 g/mol. The lowest BCUT2D eigenvalue weighted by Crippen LogP contribution is -2.35. The van der Waals surface area contributed by atoms with Gasteiger partial charge in [0.1, 0.15) is 24.9 Å². The number of piperidine rings is 1. The number of hydrogen-bond donors (Lipinski definition) is 0. The van der Waals surface area contributed by atoms with E-state index in [4.69, 9.17) is 9.47 Å². The van der Waals surface area contributed by atoms with Gasteiger partial charge in [-0.1, -0.05) is 6.42 Å². The fourth-order valence-electron chi connectivity index (χ4n) is 4.56. The number of aromatic nitrogens is 3. The summed E-state index contributed by atoms with van der Waals surface area (Å²) >= 11 is 0. The van der Waals surface area contributed by atoms with Crippen LogP contribution in [0.1, 0.15) is 47.3 Å². The molecule has 0 aliphatic carbocycles. The highest BCUT2D eigenvalue weighted by Gasteiger charge is 2.29. The molecule has 5 rings (SSSR count). The number of hydrogen-bond acceptors (Lipinski definition) is 6.